The van der Waals surface area contributed by atoms with Crippen molar-refractivity contribution in [1.29, 1.82) is 5.26 Å². The molecule has 6 aromatic carbocycles. The normalized spacial score (nSPS) is 10.7. The van der Waals surface area contributed by atoms with Crippen LogP contribution in [0, 0.1) is 11.3 Å². The lowest BCUT2D eigenvalue weighted by Gasteiger charge is -2.11. The number of oxime groups is 1. The minimum atomic E-state index is -0.631. The molecule has 488 valence electrons. The summed E-state index contributed by atoms with van der Waals surface area (Å²) in [6, 6.07) is 46.4. The van der Waals surface area contributed by atoms with E-state index in [9.17, 15) is 4.79 Å². The van der Waals surface area contributed by atoms with E-state index < -0.39 is 5.76 Å². The average Bonchev–Trinajstić information content (AvgIpc) is 1.07. The number of hydrogen-bond donors (Lipinski definition) is 6. The number of nitrogens with zero attached hydrogens (tertiary/aromatic N) is 9. The largest absolute Gasteiger partial charge is 0.486 e. The second-order valence-corrected chi connectivity index (χ2v) is 21.9. The first-order valence-corrected chi connectivity index (χ1v) is 30.2. The van der Waals surface area contributed by atoms with Crippen LogP contribution in [0.3, 0.4) is 0 Å². The molecule has 0 bridgehead atoms. The van der Waals surface area contributed by atoms with Crippen LogP contribution in [0.1, 0.15) is 22.5 Å². The van der Waals surface area contributed by atoms with Gasteiger partial charge in [0.15, 0.2) is 18.3 Å². The molecule has 0 fully saturated rings. The minimum Gasteiger partial charge on any atom is -0.486 e. The van der Waals surface area contributed by atoms with E-state index in [1.165, 1.54) is 21.3 Å². The predicted octanol–water partition coefficient (Wildman–Crippen LogP) is 14.0. The van der Waals surface area contributed by atoms with E-state index >= 15 is 0 Å². The number of nitrogens with two attached hydrogens (primary N) is 1. The standard InChI is InChI=1S/C22H19Cl2N5O4.C21H21Cl2N5O3.C21H18Cl2N4O2.ClH/c1-31-21-26-18(11-19(27-21)25-8-7-13-5-6-15(23)10-17(13)24)14-3-2-4-16(9-14)32-12-20-28-22(30)33-29-20;1-30-21-26-18(14-3-2-4-16(9-14)31-12-19(24)28-29)11-20(27-21)25-8-7-13-5-6-15(22)10-17(13)23;1-28-21-26-19(15-3-2-4-17(11-15)29-10-8-24)13-20(27-21)25-9-7-14-5-6-16(22)12-18(14)23;/h2-6,9-11H,7-8,12H2,1H3,(H,25,26,27)(H,28,29,30);2-6,9-11,29H,7-8,12H2,1H3,(H2,24,28)(H,25,26,27);2-6,11-13H,7,9-10H2,1H3,(H,25,26,27);1H. The molecule has 4 aromatic heterocycles. The highest BCUT2D eigenvalue weighted by atomic mass is 35.5. The van der Waals surface area contributed by atoms with Gasteiger partial charge in [-0.25, -0.2) is 4.79 Å². The molecular formula is C64H59Cl7N14O9. The van der Waals surface area contributed by atoms with Crippen LogP contribution >= 0.6 is 82.0 Å². The number of halogens is 7. The van der Waals surface area contributed by atoms with E-state index in [1.807, 2.05) is 109 Å². The van der Waals surface area contributed by atoms with Gasteiger partial charge in [-0.3, -0.25) is 9.51 Å². The van der Waals surface area contributed by atoms with Gasteiger partial charge in [-0.15, -0.1) is 12.4 Å². The number of nitrogens with one attached hydrogen (secondary N) is 4. The van der Waals surface area contributed by atoms with Gasteiger partial charge in [-0.05, 0) is 109 Å². The van der Waals surface area contributed by atoms with E-state index in [0.29, 0.717) is 127 Å². The molecule has 0 spiro atoms. The Morgan fingerprint density at radius 3 is 1.28 bits per heavy atom. The second kappa shape index (κ2) is 36.7. The molecule has 0 atom stereocenters. The zero-order valence-electron chi connectivity index (χ0n) is 50.2. The third kappa shape index (κ3) is 22.4. The predicted molar refractivity (Wildman–Crippen MR) is 367 cm³/mol. The Bertz CT molecular complexity index is 4280. The van der Waals surface area contributed by atoms with Crippen LogP contribution in [0.15, 0.2) is 160 Å². The highest BCUT2D eigenvalue weighted by molar-refractivity contribution is 6.36. The van der Waals surface area contributed by atoms with Crippen molar-refractivity contribution in [2.24, 2.45) is 10.9 Å². The van der Waals surface area contributed by atoms with Gasteiger partial charge in [0.2, 0.25) is 0 Å². The van der Waals surface area contributed by atoms with E-state index in [0.717, 1.165) is 33.4 Å². The first-order valence-electron chi connectivity index (χ1n) is 28.0. The molecule has 94 heavy (non-hydrogen) atoms. The topological polar surface area (TPSA) is 310 Å². The lowest BCUT2D eigenvalue weighted by Crippen LogP contribution is -2.20. The first kappa shape index (κ1) is 71.9. The molecule has 7 N–H and O–H groups in total. The van der Waals surface area contributed by atoms with Crippen LogP contribution in [0.4, 0.5) is 17.5 Å². The summed E-state index contributed by atoms with van der Waals surface area (Å²) in [5.74, 6) is 3.18. The molecule has 0 saturated heterocycles. The number of ether oxygens (including phenoxy) is 6. The van der Waals surface area contributed by atoms with E-state index in [2.05, 4.69) is 65.7 Å². The van der Waals surface area contributed by atoms with Gasteiger partial charge in [0, 0.05) is 84.7 Å². The molecule has 30 heteroatoms. The molecule has 0 unspecified atom stereocenters. The minimum absolute atomic E-state index is 0. The molecule has 10 aromatic rings. The van der Waals surface area contributed by atoms with E-state index in [4.69, 9.17) is 114 Å². The average molecular weight is 1420 g/mol. The number of anilines is 3. The smallest absolute Gasteiger partial charge is 0.439 e. The van der Waals surface area contributed by atoms with Crippen molar-refractivity contribution in [1.82, 2.24) is 40.0 Å². The molecule has 0 aliphatic heterocycles. The fourth-order valence-electron chi connectivity index (χ4n) is 8.43. The molecule has 0 amide bonds. The fourth-order valence-corrected chi connectivity index (χ4v) is 9.93. The van der Waals surface area contributed by atoms with Crippen molar-refractivity contribution >= 4 is 105 Å². The summed E-state index contributed by atoms with van der Waals surface area (Å²) < 4.78 is 36.8. The van der Waals surface area contributed by atoms with Gasteiger partial charge in [-0.1, -0.05) is 135 Å². The third-order valence-corrected chi connectivity index (χ3v) is 14.6. The van der Waals surface area contributed by atoms with Crippen LogP contribution in [-0.4, -0.2) is 105 Å². The zero-order valence-corrected chi connectivity index (χ0v) is 55.6. The number of methoxy groups -OCH3 is 3. The van der Waals surface area contributed by atoms with Gasteiger partial charge >= 0.3 is 23.8 Å². The summed E-state index contributed by atoms with van der Waals surface area (Å²) in [6.45, 7) is 1.82. The number of amidine groups is 1. The molecule has 0 radical (unpaired) electrons. The van der Waals surface area contributed by atoms with Crippen LogP contribution in [0.25, 0.3) is 33.8 Å². The van der Waals surface area contributed by atoms with Crippen molar-refractivity contribution in [3.8, 4) is 75.1 Å². The molecule has 0 aliphatic rings. The Morgan fingerprint density at radius 1 is 0.553 bits per heavy atom. The maximum atomic E-state index is 11.0. The van der Waals surface area contributed by atoms with Crippen LogP contribution in [-0.2, 0) is 25.9 Å². The Morgan fingerprint density at radius 2 is 0.936 bits per heavy atom. The summed E-state index contributed by atoms with van der Waals surface area (Å²) in [5, 5.41) is 37.3. The molecule has 23 nitrogen and oxygen atoms in total. The van der Waals surface area contributed by atoms with Crippen LogP contribution < -0.4 is 55.9 Å². The van der Waals surface area contributed by atoms with Gasteiger partial charge < -0.3 is 55.3 Å². The number of hydrogen-bond acceptors (Lipinski definition) is 21. The second-order valence-electron chi connectivity index (χ2n) is 19.4. The number of benzene rings is 6. The van der Waals surface area contributed by atoms with Gasteiger partial charge in [-0.2, -0.15) is 35.2 Å². The lowest BCUT2D eigenvalue weighted by atomic mass is 10.1. The van der Waals surface area contributed by atoms with Gasteiger partial charge in [0.25, 0.3) is 0 Å². The maximum absolute atomic E-state index is 11.0. The number of H-pyrrole nitrogens is 1. The van der Waals surface area contributed by atoms with Crippen molar-refractivity contribution in [3.63, 3.8) is 0 Å². The lowest BCUT2D eigenvalue weighted by molar-refractivity contribution is 0.285. The van der Waals surface area contributed by atoms with Crippen molar-refractivity contribution in [2.75, 3.05) is 70.1 Å². The molecule has 4 heterocycles. The highest BCUT2D eigenvalue weighted by Crippen LogP contribution is 2.31. The highest BCUT2D eigenvalue weighted by Gasteiger charge is 2.14. The SMILES string of the molecule is COc1nc(NCCc2ccc(Cl)cc2Cl)cc(-c2cccc(OC/C(N)=N/O)c2)n1.COc1nc(NCCc2ccc(Cl)cc2Cl)cc(-c2cccc(OCC#N)c2)n1.COc1nc(NCCc2ccc(Cl)cc2Cl)cc(-c2cccc(OCc3noc(=O)[nH]3)c2)n1.Cl. The van der Waals surface area contributed by atoms with Crippen LogP contribution in [0.5, 0.6) is 35.3 Å². The molecule has 0 saturated carbocycles. The maximum Gasteiger partial charge on any atom is 0.439 e. The molecular weight excluding hydrogens is 1360 g/mol. The Hall–Kier alpha value is -9.51. The summed E-state index contributed by atoms with van der Waals surface area (Å²) >= 11 is 36.6. The van der Waals surface area contributed by atoms with Crippen LogP contribution in [0.2, 0.25) is 30.1 Å². The summed E-state index contributed by atoms with van der Waals surface area (Å²) in [6.07, 6.45) is 2.08. The fraction of sp³-hybridized carbons (Fsp3) is 0.188. The first-order chi connectivity index (χ1) is 45.1. The monoisotopic (exact) mass is 1410 g/mol. The van der Waals surface area contributed by atoms with Crippen molar-refractivity contribution in [2.45, 2.75) is 25.9 Å². The Labute approximate surface area is 575 Å². The van der Waals surface area contributed by atoms with Crippen molar-refractivity contribution in [3.05, 3.63) is 209 Å². The number of rotatable bonds is 26. The number of nitriles is 1. The number of aromatic amines is 1. The molecule has 0 aliphatic carbocycles. The zero-order chi connectivity index (χ0) is 66.1. The van der Waals surface area contributed by atoms with Gasteiger partial charge in [0.05, 0.1) is 38.4 Å². The molecule has 10 rings (SSSR count). The summed E-state index contributed by atoms with van der Waals surface area (Å²) in [4.78, 5) is 39.8. The Balaban J connectivity index is 0.000000199. The third-order valence-electron chi connectivity index (χ3n) is 12.9. The number of aromatic nitrogens is 8. The van der Waals surface area contributed by atoms with Gasteiger partial charge in [0.1, 0.15) is 54.0 Å². The summed E-state index contributed by atoms with van der Waals surface area (Å²) in [5.41, 5.74) is 12.8. The van der Waals surface area contributed by atoms with Crippen molar-refractivity contribution < 1.29 is 38.2 Å². The van der Waals surface area contributed by atoms with E-state index in [-0.39, 0.29) is 56.1 Å². The summed E-state index contributed by atoms with van der Waals surface area (Å²) in [7, 11) is 4.53. The van der Waals surface area contributed by atoms with E-state index in [1.54, 1.807) is 42.5 Å². The Kier molecular flexibility index (Phi) is 28.0. The quantitative estimate of drug-likeness (QED) is 0.0127.